The number of carbonyl (C=O) groups is 1. The second-order valence-corrected chi connectivity index (χ2v) is 3.99. The van der Waals surface area contributed by atoms with Gasteiger partial charge >= 0.3 is 0 Å². The van der Waals surface area contributed by atoms with Crippen LogP contribution in [0.25, 0.3) is 0 Å². The Morgan fingerprint density at radius 2 is 1.88 bits per heavy atom. The summed E-state index contributed by atoms with van der Waals surface area (Å²) in [5, 5.41) is 0. The lowest BCUT2D eigenvalue weighted by Gasteiger charge is -2.07. The third-order valence-electron chi connectivity index (χ3n) is 2.59. The fourth-order valence-electron chi connectivity index (χ4n) is 1.76. The molecule has 1 aromatic heterocycles. The Labute approximate surface area is 100 Å². The first-order chi connectivity index (χ1) is 8.16. The molecule has 86 valence electrons. The van der Waals surface area contributed by atoms with Crippen LogP contribution in [0.15, 0.2) is 42.5 Å². The normalized spacial score (nSPS) is 10.2. The van der Waals surface area contributed by atoms with Gasteiger partial charge in [0.1, 0.15) is 5.69 Å². The van der Waals surface area contributed by atoms with Crippen LogP contribution in [0.4, 0.5) is 0 Å². The third-order valence-corrected chi connectivity index (χ3v) is 2.59. The molecule has 0 spiro atoms. The van der Waals surface area contributed by atoms with Gasteiger partial charge < -0.3 is 5.73 Å². The zero-order valence-electron chi connectivity index (χ0n) is 9.68. The summed E-state index contributed by atoms with van der Waals surface area (Å²) in [5.41, 5.74) is 8.52. The molecule has 1 amide bonds. The Kier molecular flexibility index (Phi) is 3.19. The molecular weight excluding hydrogens is 212 g/mol. The predicted molar refractivity (Wildman–Crippen MR) is 66.7 cm³/mol. The van der Waals surface area contributed by atoms with Crippen molar-refractivity contribution < 1.29 is 4.79 Å². The molecule has 2 N–H and O–H groups in total. The smallest absolute Gasteiger partial charge is 0.267 e. The minimum atomic E-state index is -0.473. The molecule has 0 bridgehead atoms. The molecule has 0 aliphatic rings. The molecule has 0 unspecified atom stereocenters. The van der Waals surface area contributed by atoms with Gasteiger partial charge in [0.15, 0.2) is 0 Å². The number of amides is 1. The summed E-state index contributed by atoms with van der Waals surface area (Å²) in [6.45, 7) is 1.85. The van der Waals surface area contributed by atoms with Gasteiger partial charge in [-0.3, -0.25) is 4.79 Å². The van der Waals surface area contributed by atoms with E-state index in [0.29, 0.717) is 12.1 Å². The highest BCUT2D eigenvalue weighted by molar-refractivity contribution is 5.92. The minimum absolute atomic E-state index is 0.369. The largest absolute Gasteiger partial charge is 0.364 e. The van der Waals surface area contributed by atoms with Crippen molar-refractivity contribution in [1.82, 2.24) is 4.98 Å². The summed E-state index contributed by atoms with van der Waals surface area (Å²) >= 11 is 0. The fraction of sp³-hybridized carbons (Fsp3) is 0.143. The van der Waals surface area contributed by atoms with Gasteiger partial charge in [-0.05, 0) is 30.5 Å². The summed E-state index contributed by atoms with van der Waals surface area (Å²) in [7, 11) is 0. The number of hydrogen-bond donors (Lipinski definition) is 1. The lowest BCUT2D eigenvalue weighted by molar-refractivity contribution is 0.0994. The molecule has 2 aromatic rings. The summed E-state index contributed by atoms with van der Waals surface area (Å²) in [6.07, 6.45) is 0.673. The van der Waals surface area contributed by atoms with E-state index in [1.54, 1.807) is 0 Å². The highest BCUT2D eigenvalue weighted by Crippen LogP contribution is 2.13. The number of nitrogens with zero attached hydrogens (tertiary/aromatic N) is 1. The first-order valence-corrected chi connectivity index (χ1v) is 5.47. The SMILES string of the molecule is Cc1ccc(Cc2ccccc2)c(C(N)=O)n1. The third kappa shape index (κ3) is 2.69. The molecule has 0 fully saturated rings. The Bertz CT molecular complexity index is 535. The average molecular weight is 226 g/mol. The Morgan fingerprint density at radius 1 is 1.18 bits per heavy atom. The van der Waals surface area contributed by atoms with E-state index in [0.717, 1.165) is 16.8 Å². The minimum Gasteiger partial charge on any atom is -0.364 e. The molecule has 0 atom stereocenters. The number of carbonyl (C=O) groups excluding carboxylic acids is 1. The van der Waals surface area contributed by atoms with Crippen LogP contribution in [0.3, 0.4) is 0 Å². The highest BCUT2D eigenvalue weighted by Gasteiger charge is 2.10. The molecule has 17 heavy (non-hydrogen) atoms. The average Bonchev–Trinajstić information content (AvgIpc) is 2.32. The number of aromatic nitrogens is 1. The Balaban J connectivity index is 2.36. The highest BCUT2D eigenvalue weighted by atomic mass is 16.1. The van der Waals surface area contributed by atoms with Crippen LogP contribution in [0.2, 0.25) is 0 Å². The van der Waals surface area contributed by atoms with Crippen LogP contribution in [-0.4, -0.2) is 10.9 Å². The van der Waals surface area contributed by atoms with Crippen molar-refractivity contribution in [3.8, 4) is 0 Å². The topological polar surface area (TPSA) is 56.0 Å². The van der Waals surface area contributed by atoms with Gasteiger partial charge in [-0.25, -0.2) is 4.98 Å². The summed E-state index contributed by atoms with van der Waals surface area (Å²) in [5.74, 6) is -0.473. The van der Waals surface area contributed by atoms with Gasteiger partial charge in [-0.2, -0.15) is 0 Å². The zero-order chi connectivity index (χ0) is 12.3. The summed E-state index contributed by atoms with van der Waals surface area (Å²) in [6, 6.07) is 13.8. The van der Waals surface area contributed by atoms with Gasteiger partial charge in [0.25, 0.3) is 5.91 Å². The number of aryl methyl sites for hydroxylation is 1. The van der Waals surface area contributed by atoms with E-state index in [2.05, 4.69) is 4.98 Å². The summed E-state index contributed by atoms with van der Waals surface area (Å²) < 4.78 is 0. The zero-order valence-corrected chi connectivity index (χ0v) is 9.68. The van der Waals surface area contributed by atoms with Gasteiger partial charge in [0.2, 0.25) is 0 Å². The van der Waals surface area contributed by atoms with E-state index in [1.807, 2.05) is 49.4 Å². The molecule has 3 heteroatoms. The number of benzene rings is 1. The maximum absolute atomic E-state index is 11.3. The van der Waals surface area contributed by atoms with Crippen molar-refractivity contribution in [2.75, 3.05) is 0 Å². The van der Waals surface area contributed by atoms with Crippen molar-refractivity contribution in [2.45, 2.75) is 13.3 Å². The van der Waals surface area contributed by atoms with E-state index in [1.165, 1.54) is 0 Å². The van der Waals surface area contributed by atoms with Crippen molar-refractivity contribution in [2.24, 2.45) is 5.73 Å². The number of primary amides is 1. The fourth-order valence-corrected chi connectivity index (χ4v) is 1.76. The summed E-state index contributed by atoms with van der Waals surface area (Å²) in [4.78, 5) is 15.5. The van der Waals surface area contributed by atoms with E-state index in [9.17, 15) is 4.79 Å². The molecule has 0 aliphatic carbocycles. The van der Waals surface area contributed by atoms with Crippen molar-refractivity contribution in [3.05, 3.63) is 65.0 Å². The maximum Gasteiger partial charge on any atom is 0.267 e. The van der Waals surface area contributed by atoms with E-state index in [4.69, 9.17) is 5.73 Å². The molecule has 0 saturated carbocycles. The van der Waals surface area contributed by atoms with Crippen molar-refractivity contribution >= 4 is 5.91 Å². The Morgan fingerprint density at radius 3 is 2.53 bits per heavy atom. The predicted octanol–water partition coefficient (Wildman–Crippen LogP) is 2.08. The molecular formula is C14H14N2O. The van der Waals surface area contributed by atoms with Gasteiger partial charge in [-0.15, -0.1) is 0 Å². The van der Waals surface area contributed by atoms with E-state index in [-0.39, 0.29) is 0 Å². The molecule has 1 aromatic carbocycles. The second kappa shape index (κ2) is 4.78. The number of nitrogens with two attached hydrogens (primary N) is 1. The van der Waals surface area contributed by atoms with Gasteiger partial charge in [0.05, 0.1) is 0 Å². The van der Waals surface area contributed by atoms with E-state index < -0.39 is 5.91 Å². The van der Waals surface area contributed by atoms with Crippen LogP contribution >= 0.6 is 0 Å². The van der Waals surface area contributed by atoms with Crippen LogP contribution < -0.4 is 5.73 Å². The second-order valence-electron chi connectivity index (χ2n) is 3.99. The van der Waals surface area contributed by atoms with Gasteiger partial charge in [0, 0.05) is 5.69 Å². The monoisotopic (exact) mass is 226 g/mol. The number of hydrogen-bond acceptors (Lipinski definition) is 2. The molecule has 0 radical (unpaired) electrons. The molecule has 2 rings (SSSR count). The lowest BCUT2D eigenvalue weighted by Crippen LogP contribution is -2.16. The van der Waals surface area contributed by atoms with Crippen molar-refractivity contribution in [1.29, 1.82) is 0 Å². The molecule has 3 nitrogen and oxygen atoms in total. The number of pyridine rings is 1. The lowest BCUT2D eigenvalue weighted by atomic mass is 10.0. The number of rotatable bonds is 3. The first-order valence-electron chi connectivity index (χ1n) is 5.47. The standard InChI is InChI=1S/C14H14N2O/c1-10-7-8-12(13(16-10)14(15)17)9-11-5-3-2-4-6-11/h2-8H,9H2,1H3,(H2,15,17). The van der Waals surface area contributed by atoms with Crippen LogP contribution in [0.1, 0.15) is 27.3 Å². The van der Waals surface area contributed by atoms with Gasteiger partial charge in [-0.1, -0.05) is 36.4 Å². The molecule has 0 saturated heterocycles. The quantitative estimate of drug-likeness (QED) is 0.871. The maximum atomic E-state index is 11.3. The van der Waals surface area contributed by atoms with Crippen LogP contribution in [0, 0.1) is 6.92 Å². The first kappa shape index (κ1) is 11.3. The Hall–Kier alpha value is -2.16. The van der Waals surface area contributed by atoms with Crippen LogP contribution in [-0.2, 0) is 6.42 Å². The molecule has 1 heterocycles. The van der Waals surface area contributed by atoms with E-state index >= 15 is 0 Å². The molecule has 0 aliphatic heterocycles. The van der Waals surface area contributed by atoms with Crippen molar-refractivity contribution in [3.63, 3.8) is 0 Å². The van der Waals surface area contributed by atoms with Crippen LogP contribution in [0.5, 0.6) is 0 Å².